The zero-order valence-corrected chi connectivity index (χ0v) is 9.73. The van der Waals surface area contributed by atoms with Crippen LogP contribution in [-0.2, 0) is 16.1 Å². The fraction of sp³-hybridized carbons (Fsp3) is 0.300. The Morgan fingerprint density at radius 3 is 2.80 bits per heavy atom. The number of rotatable bonds is 4. The number of carbonyl (C=O) groups excluding carboxylic acids is 1. The first-order valence-electron chi connectivity index (χ1n) is 4.39. The summed E-state index contributed by atoms with van der Waals surface area (Å²) in [5.74, 6) is -0.177. The van der Waals surface area contributed by atoms with E-state index in [9.17, 15) is 4.79 Å². The fourth-order valence-electron chi connectivity index (χ4n) is 1.14. The van der Waals surface area contributed by atoms with E-state index in [0.29, 0.717) is 22.9 Å². The smallest absolute Gasteiger partial charge is 0.243 e. The van der Waals surface area contributed by atoms with E-state index >= 15 is 0 Å². The molecule has 0 fully saturated rings. The monoisotopic (exact) mass is 247 g/mol. The first kappa shape index (κ1) is 12.3. The number of hydrogen-bond donors (Lipinski definition) is 1. The summed E-state index contributed by atoms with van der Waals surface area (Å²) in [6.45, 7) is 0. The van der Waals surface area contributed by atoms with E-state index in [1.807, 2.05) is 6.07 Å². The first-order valence-corrected chi connectivity index (χ1v) is 5.15. The predicted octanol–water partition coefficient (Wildman–Crippen LogP) is 2.60. The minimum Gasteiger partial charge on any atom is -0.277 e. The summed E-state index contributed by atoms with van der Waals surface area (Å²) in [6.07, 6.45) is 0.889. The summed E-state index contributed by atoms with van der Waals surface area (Å²) in [6, 6.07) is 5.22. The normalized spacial score (nSPS) is 10.1. The third-order valence-corrected chi connectivity index (χ3v) is 2.44. The quantitative estimate of drug-likeness (QED) is 0.831. The van der Waals surface area contributed by atoms with Crippen LogP contribution in [0.2, 0.25) is 10.0 Å². The average molecular weight is 248 g/mol. The summed E-state index contributed by atoms with van der Waals surface area (Å²) in [5.41, 5.74) is 3.13. The summed E-state index contributed by atoms with van der Waals surface area (Å²) in [5, 5.41) is 1.16. The minimum absolute atomic E-state index is 0.177. The second-order valence-corrected chi connectivity index (χ2v) is 3.81. The number of amides is 1. The van der Waals surface area contributed by atoms with E-state index in [0.717, 1.165) is 5.56 Å². The van der Waals surface area contributed by atoms with Crippen molar-refractivity contribution in [3.8, 4) is 0 Å². The standard InChI is InChI=1S/C10H11Cl2NO2/c1-15-13-10(14)5-3-7-2-4-8(11)6-9(7)12/h2,4,6H,3,5H2,1H3,(H,13,14). The van der Waals surface area contributed by atoms with E-state index in [1.165, 1.54) is 7.11 Å². The van der Waals surface area contributed by atoms with Gasteiger partial charge in [-0.15, -0.1) is 0 Å². The molecule has 1 amide bonds. The van der Waals surface area contributed by atoms with Crippen molar-refractivity contribution in [1.82, 2.24) is 5.48 Å². The highest BCUT2D eigenvalue weighted by atomic mass is 35.5. The second-order valence-electron chi connectivity index (χ2n) is 2.97. The molecular weight excluding hydrogens is 237 g/mol. The van der Waals surface area contributed by atoms with Gasteiger partial charge in [0.15, 0.2) is 0 Å². The molecule has 0 aliphatic heterocycles. The van der Waals surface area contributed by atoms with Crippen LogP contribution < -0.4 is 5.48 Å². The van der Waals surface area contributed by atoms with Gasteiger partial charge in [-0.05, 0) is 24.1 Å². The largest absolute Gasteiger partial charge is 0.277 e. The predicted molar refractivity (Wildman–Crippen MR) is 59.9 cm³/mol. The molecule has 82 valence electrons. The van der Waals surface area contributed by atoms with Gasteiger partial charge in [0.05, 0.1) is 7.11 Å². The van der Waals surface area contributed by atoms with Gasteiger partial charge in [-0.1, -0.05) is 29.3 Å². The molecule has 0 heterocycles. The molecular formula is C10H11Cl2NO2. The molecule has 0 aliphatic rings. The summed E-state index contributed by atoms with van der Waals surface area (Å²) in [4.78, 5) is 15.6. The van der Waals surface area contributed by atoms with Crippen molar-refractivity contribution in [1.29, 1.82) is 0 Å². The van der Waals surface area contributed by atoms with Crippen LogP contribution in [0, 0.1) is 0 Å². The zero-order chi connectivity index (χ0) is 11.3. The Balaban J connectivity index is 2.54. The van der Waals surface area contributed by atoms with Crippen LogP contribution in [0.5, 0.6) is 0 Å². The topological polar surface area (TPSA) is 38.3 Å². The van der Waals surface area contributed by atoms with Crippen molar-refractivity contribution >= 4 is 29.1 Å². The van der Waals surface area contributed by atoms with Crippen LogP contribution in [0.4, 0.5) is 0 Å². The average Bonchev–Trinajstić information content (AvgIpc) is 2.17. The van der Waals surface area contributed by atoms with E-state index in [1.54, 1.807) is 12.1 Å². The Labute approximate surface area is 98.3 Å². The molecule has 5 heteroatoms. The number of nitrogens with one attached hydrogen (secondary N) is 1. The number of hydroxylamine groups is 1. The summed E-state index contributed by atoms with van der Waals surface area (Å²) in [7, 11) is 1.40. The lowest BCUT2D eigenvalue weighted by Crippen LogP contribution is -2.21. The van der Waals surface area contributed by atoms with Crippen LogP contribution in [0.1, 0.15) is 12.0 Å². The van der Waals surface area contributed by atoms with Crippen molar-refractivity contribution in [3.63, 3.8) is 0 Å². The van der Waals surface area contributed by atoms with Crippen molar-refractivity contribution < 1.29 is 9.63 Å². The van der Waals surface area contributed by atoms with Gasteiger partial charge in [-0.25, -0.2) is 5.48 Å². The molecule has 3 nitrogen and oxygen atoms in total. The Kier molecular flexibility index (Phi) is 4.88. The summed E-state index contributed by atoms with van der Waals surface area (Å²) >= 11 is 11.7. The van der Waals surface area contributed by atoms with Gasteiger partial charge in [0, 0.05) is 16.5 Å². The van der Waals surface area contributed by atoms with Gasteiger partial charge in [0.25, 0.3) is 0 Å². The molecule has 0 radical (unpaired) electrons. The highest BCUT2D eigenvalue weighted by Gasteiger charge is 2.05. The van der Waals surface area contributed by atoms with Crippen LogP contribution in [0.3, 0.4) is 0 Å². The second kappa shape index (κ2) is 5.95. The van der Waals surface area contributed by atoms with E-state index in [4.69, 9.17) is 23.2 Å². The minimum atomic E-state index is -0.177. The molecule has 15 heavy (non-hydrogen) atoms. The van der Waals surface area contributed by atoms with Gasteiger partial charge in [-0.3, -0.25) is 9.63 Å². The lowest BCUT2D eigenvalue weighted by atomic mass is 10.1. The maximum Gasteiger partial charge on any atom is 0.243 e. The third-order valence-electron chi connectivity index (χ3n) is 1.85. The third kappa shape index (κ3) is 4.08. The molecule has 1 aromatic rings. The van der Waals surface area contributed by atoms with Crippen LogP contribution in [0.25, 0.3) is 0 Å². The van der Waals surface area contributed by atoms with E-state index in [-0.39, 0.29) is 5.91 Å². The Hall–Kier alpha value is -0.770. The molecule has 0 bridgehead atoms. The Bertz CT molecular complexity index is 355. The highest BCUT2D eigenvalue weighted by molar-refractivity contribution is 6.35. The Morgan fingerprint density at radius 1 is 1.47 bits per heavy atom. The molecule has 0 aliphatic carbocycles. The molecule has 0 atom stereocenters. The van der Waals surface area contributed by atoms with Crippen molar-refractivity contribution in [2.45, 2.75) is 12.8 Å². The van der Waals surface area contributed by atoms with Gasteiger partial charge in [0.2, 0.25) is 5.91 Å². The van der Waals surface area contributed by atoms with Crippen molar-refractivity contribution in [2.24, 2.45) is 0 Å². The zero-order valence-electron chi connectivity index (χ0n) is 8.22. The lowest BCUT2D eigenvalue weighted by Gasteiger charge is -2.04. The molecule has 0 spiro atoms. The molecule has 1 aromatic carbocycles. The molecule has 0 saturated heterocycles. The van der Waals surface area contributed by atoms with Crippen molar-refractivity contribution in [3.05, 3.63) is 33.8 Å². The number of benzene rings is 1. The maximum atomic E-state index is 11.1. The van der Waals surface area contributed by atoms with Gasteiger partial charge < -0.3 is 0 Å². The first-order chi connectivity index (χ1) is 7.13. The molecule has 0 saturated carbocycles. The molecule has 1 N–H and O–H groups in total. The number of aryl methyl sites for hydroxylation is 1. The fourth-order valence-corrected chi connectivity index (χ4v) is 1.64. The number of carbonyl (C=O) groups is 1. The van der Waals surface area contributed by atoms with E-state index < -0.39 is 0 Å². The molecule has 1 rings (SSSR count). The van der Waals surface area contributed by atoms with Crippen LogP contribution in [-0.4, -0.2) is 13.0 Å². The van der Waals surface area contributed by atoms with Crippen LogP contribution >= 0.6 is 23.2 Å². The summed E-state index contributed by atoms with van der Waals surface area (Å²) < 4.78 is 0. The molecule has 0 aromatic heterocycles. The number of hydrogen-bond acceptors (Lipinski definition) is 2. The SMILES string of the molecule is CONC(=O)CCc1ccc(Cl)cc1Cl. The van der Waals surface area contributed by atoms with E-state index in [2.05, 4.69) is 10.3 Å². The Morgan fingerprint density at radius 2 is 2.20 bits per heavy atom. The van der Waals surface area contributed by atoms with Gasteiger partial charge in [0.1, 0.15) is 0 Å². The van der Waals surface area contributed by atoms with Crippen LogP contribution in [0.15, 0.2) is 18.2 Å². The van der Waals surface area contributed by atoms with Crippen molar-refractivity contribution in [2.75, 3.05) is 7.11 Å². The van der Waals surface area contributed by atoms with Gasteiger partial charge >= 0.3 is 0 Å². The van der Waals surface area contributed by atoms with Gasteiger partial charge in [-0.2, -0.15) is 0 Å². The molecule has 0 unspecified atom stereocenters. The number of halogens is 2. The highest BCUT2D eigenvalue weighted by Crippen LogP contribution is 2.21. The lowest BCUT2D eigenvalue weighted by molar-refractivity contribution is -0.131. The maximum absolute atomic E-state index is 11.1.